The Labute approximate surface area is 122 Å². The van der Waals surface area contributed by atoms with Gasteiger partial charge in [-0.15, -0.1) is 0 Å². The molecule has 5 heteroatoms. The molecule has 0 aliphatic carbocycles. The normalized spacial score (nSPS) is 10.1. The van der Waals surface area contributed by atoms with E-state index in [0.29, 0.717) is 17.2 Å². The lowest BCUT2D eigenvalue weighted by molar-refractivity contribution is 1.22. The second kappa shape index (κ2) is 5.10. The molecule has 4 N–H and O–H groups in total. The number of aromatic nitrogens is 3. The van der Waals surface area contributed by atoms with Gasteiger partial charge in [-0.2, -0.15) is 0 Å². The molecule has 0 aliphatic heterocycles. The minimum Gasteiger partial charge on any atom is -0.397 e. The molecule has 0 atom stereocenters. The summed E-state index contributed by atoms with van der Waals surface area (Å²) in [6, 6.07) is 5.36. The van der Waals surface area contributed by atoms with Gasteiger partial charge in [0.2, 0.25) is 0 Å². The summed E-state index contributed by atoms with van der Waals surface area (Å²) in [5.41, 5.74) is 14.3. The molecule has 0 bridgehead atoms. The summed E-state index contributed by atoms with van der Waals surface area (Å²) < 4.78 is 0. The van der Waals surface area contributed by atoms with Crippen LogP contribution in [0.4, 0.5) is 11.5 Å². The van der Waals surface area contributed by atoms with Crippen molar-refractivity contribution < 1.29 is 0 Å². The van der Waals surface area contributed by atoms with Crippen LogP contribution in [0.15, 0.2) is 36.8 Å². The predicted octanol–water partition coefficient (Wildman–Crippen LogP) is 1.90. The van der Waals surface area contributed by atoms with Crippen LogP contribution < -0.4 is 11.5 Å². The lowest BCUT2D eigenvalue weighted by atomic mass is 10.1. The minimum atomic E-state index is 0.460. The Morgan fingerprint density at radius 2 is 1.76 bits per heavy atom. The maximum absolute atomic E-state index is 5.76. The second-order valence-corrected chi connectivity index (χ2v) is 4.64. The van der Waals surface area contributed by atoms with Gasteiger partial charge in [0.1, 0.15) is 11.5 Å². The van der Waals surface area contributed by atoms with E-state index in [0.717, 1.165) is 22.0 Å². The standard InChI is InChI=1S/C16H13N5/c1-10-15-9-21-16(18)6-14(15)11(7-19-10)2-4-13-5-3-12(17)8-20-13/h3,5-9H,17H2,1H3,(H2,18,21). The molecule has 3 aromatic heterocycles. The van der Waals surface area contributed by atoms with Crippen molar-refractivity contribution >= 4 is 22.3 Å². The Morgan fingerprint density at radius 3 is 2.52 bits per heavy atom. The monoisotopic (exact) mass is 275 g/mol. The summed E-state index contributed by atoms with van der Waals surface area (Å²) >= 11 is 0. The van der Waals surface area contributed by atoms with Crippen molar-refractivity contribution in [2.75, 3.05) is 11.5 Å². The van der Waals surface area contributed by atoms with Gasteiger partial charge in [0.15, 0.2) is 0 Å². The molecule has 3 heterocycles. The van der Waals surface area contributed by atoms with Crippen molar-refractivity contribution in [3.8, 4) is 11.8 Å². The summed E-state index contributed by atoms with van der Waals surface area (Å²) in [7, 11) is 0. The van der Waals surface area contributed by atoms with Crippen LogP contribution in [0.25, 0.3) is 10.8 Å². The van der Waals surface area contributed by atoms with Gasteiger partial charge in [-0.05, 0) is 31.0 Å². The zero-order valence-electron chi connectivity index (χ0n) is 11.5. The van der Waals surface area contributed by atoms with E-state index in [9.17, 15) is 0 Å². The van der Waals surface area contributed by atoms with Crippen molar-refractivity contribution in [3.63, 3.8) is 0 Å². The molecule has 0 saturated heterocycles. The zero-order valence-corrected chi connectivity index (χ0v) is 11.5. The van der Waals surface area contributed by atoms with E-state index in [-0.39, 0.29) is 0 Å². The number of nitrogens with zero attached hydrogens (tertiary/aromatic N) is 3. The van der Waals surface area contributed by atoms with Crippen LogP contribution in [-0.2, 0) is 0 Å². The SMILES string of the molecule is Cc1ncc(C#Cc2ccc(N)cn2)c2cc(N)ncc12. The zero-order chi connectivity index (χ0) is 14.8. The maximum Gasteiger partial charge on any atom is 0.123 e. The fraction of sp³-hybridized carbons (Fsp3) is 0.0625. The van der Waals surface area contributed by atoms with Crippen molar-refractivity contribution in [3.05, 3.63) is 53.7 Å². The molecular formula is C16H13N5. The van der Waals surface area contributed by atoms with Crippen LogP contribution >= 0.6 is 0 Å². The molecule has 0 fully saturated rings. The van der Waals surface area contributed by atoms with Gasteiger partial charge in [-0.1, -0.05) is 5.92 Å². The molecule has 102 valence electrons. The maximum atomic E-state index is 5.76. The average Bonchev–Trinajstić information content (AvgIpc) is 2.48. The molecule has 3 aromatic rings. The summed E-state index contributed by atoms with van der Waals surface area (Å²) in [4.78, 5) is 12.6. The third-order valence-electron chi connectivity index (χ3n) is 3.10. The topological polar surface area (TPSA) is 90.7 Å². The number of pyridine rings is 3. The molecular weight excluding hydrogens is 262 g/mol. The van der Waals surface area contributed by atoms with E-state index < -0.39 is 0 Å². The highest BCUT2D eigenvalue weighted by Gasteiger charge is 2.04. The van der Waals surface area contributed by atoms with Crippen LogP contribution in [0.1, 0.15) is 17.0 Å². The number of nitrogen functional groups attached to an aromatic ring is 2. The lowest BCUT2D eigenvalue weighted by Gasteiger charge is -2.04. The summed E-state index contributed by atoms with van der Waals surface area (Å²) in [6.07, 6.45) is 5.04. The Kier molecular flexibility index (Phi) is 3.13. The van der Waals surface area contributed by atoms with Gasteiger partial charge in [-0.3, -0.25) is 4.98 Å². The fourth-order valence-corrected chi connectivity index (χ4v) is 1.99. The van der Waals surface area contributed by atoms with E-state index >= 15 is 0 Å². The van der Waals surface area contributed by atoms with Crippen LogP contribution in [0.3, 0.4) is 0 Å². The van der Waals surface area contributed by atoms with Crippen molar-refractivity contribution in [1.82, 2.24) is 15.0 Å². The van der Waals surface area contributed by atoms with Crippen molar-refractivity contribution in [2.45, 2.75) is 6.92 Å². The Hall–Kier alpha value is -3.13. The van der Waals surface area contributed by atoms with Crippen LogP contribution in [0.2, 0.25) is 0 Å². The van der Waals surface area contributed by atoms with E-state index in [4.69, 9.17) is 11.5 Å². The molecule has 0 spiro atoms. The number of hydrogen-bond donors (Lipinski definition) is 2. The number of aryl methyl sites for hydroxylation is 1. The third-order valence-corrected chi connectivity index (χ3v) is 3.10. The van der Waals surface area contributed by atoms with Gasteiger partial charge in [0.05, 0.1) is 17.4 Å². The molecule has 5 nitrogen and oxygen atoms in total. The molecule has 0 aliphatic rings. The van der Waals surface area contributed by atoms with Crippen LogP contribution in [-0.4, -0.2) is 15.0 Å². The van der Waals surface area contributed by atoms with E-state index in [1.54, 1.807) is 30.7 Å². The van der Waals surface area contributed by atoms with E-state index in [2.05, 4.69) is 26.8 Å². The Bertz CT molecular complexity index is 873. The van der Waals surface area contributed by atoms with Crippen LogP contribution in [0, 0.1) is 18.8 Å². The third kappa shape index (κ3) is 2.60. The molecule has 0 unspecified atom stereocenters. The van der Waals surface area contributed by atoms with Gasteiger partial charge in [0.25, 0.3) is 0 Å². The van der Waals surface area contributed by atoms with E-state index in [1.807, 2.05) is 13.0 Å². The average molecular weight is 275 g/mol. The molecule has 0 amide bonds. The molecule has 0 saturated carbocycles. The highest BCUT2D eigenvalue weighted by molar-refractivity contribution is 5.90. The van der Waals surface area contributed by atoms with Crippen molar-refractivity contribution in [2.24, 2.45) is 0 Å². The quantitative estimate of drug-likeness (QED) is 0.611. The van der Waals surface area contributed by atoms with Gasteiger partial charge < -0.3 is 11.5 Å². The van der Waals surface area contributed by atoms with E-state index in [1.165, 1.54) is 0 Å². The first kappa shape index (κ1) is 12.9. The largest absolute Gasteiger partial charge is 0.397 e. The summed E-state index contributed by atoms with van der Waals surface area (Å²) in [5.74, 6) is 6.54. The first-order valence-corrected chi connectivity index (χ1v) is 6.38. The smallest absolute Gasteiger partial charge is 0.123 e. The predicted molar refractivity (Wildman–Crippen MR) is 83.3 cm³/mol. The number of rotatable bonds is 0. The summed E-state index contributed by atoms with van der Waals surface area (Å²) in [6.45, 7) is 1.93. The number of anilines is 2. The van der Waals surface area contributed by atoms with Crippen molar-refractivity contribution in [1.29, 1.82) is 0 Å². The van der Waals surface area contributed by atoms with Gasteiger partial charge in [0, 0.05) is 28.9 Å². The van der Waals surface area contributed by atoms with Gasteiger partial charge >= 0.3 is 0 Å². The molecule has 0 aromatic carbocycles. The van der Waals surface area contributed by atoms with Gasteiger partial charge in [-0.25, -0.2) is 9.97 Å². The highest BCUT2D eigenvalue weighted by atomic mass is 14.8. The lowest BCUT2D eigenvalue weighted by Crippen LogP contribution is -1.94. The first-order chi connectivity index (χ1) is 10.1. The molecule has 3 rings (SSSR count). The molecule has 0 radical (unpaired) electrons. The summed E-state index contributed by atoms with van der Waals surface area (Å²) in [5, 5.41) is 1.89. The number of fused-ring (bicyclic) bond motifs is 1. The molecule has 21 heavy (non-hydrogen) atoms. The Balaban J connectivity index is 2.11. The second-order valence-electron chi connectivity index (χ2n) is 4.64. The van der Waals surface area contributed by atoms with Crippen LogP contribution in [0.5, 0.6) is 0 Å². The first-order valence-electron chi connectivity index (χ1n) is 6.38. The number of hydrogen-bond acceptors (Lipinski definition) is 5. The Morgan fingerprint density at radius 1 is 0.905 bits per heavy atom. The fourth-order valence-electron chi connectivity index (χ4n) is 1.99. The highest BCUT2D eigenvalue weighted by Crippen LogP contribution is 2.21. The number of nitrogens with two attached hydrogens (primary N) is 2. The minimum absolute atomic E-state index is 0.460.